The molecule has 0 aliphatic rings. The summed E-state index contributed by atoms with van der Waals surface area (Å²) < 4.78 is 48.9. The molecule has 130 valence electrons. The van der Waals surface area contributed by atoms with Crippen molar-refractivity contribution in [3.05, 3.63) is 29.8 Å². The molecule has 23 heavy (non-hydrogen) atoms. The minimum absolute atomic E-state index is 0.342. The van der Waals surface area contributed by atoms with E-state index in [4.69, 9.17) is 15.2 Å². The number of carbonyl (C=O) groups is 1. The zero-order chi connectivity index (χ0) is 17.9. The van der Waals surface area contributed by atoms with Crippen molar-refractivity contribution in [2.75, 3.05) is 7.11 Å². The van der Waals surface area contributed by atoms with Crippen LogP contribution in [0.4, 0.5) is 13.2 Å². The van der Waals surface area contributed by atoms with Gasteiger partial charge in [-0.2, -0.15) is 13.2 Å². The van der Waals surface area contributed by atoms with Crippen LogP contribution in [0, 0.1) is 0 Å². The van der Waals surface area contributed by atoms with Crippen LogP contribution in [0.15, 0.2) is 24.3 Å². The van der Waals surface area contributed by atoms with Crippen molar-refractivity contribution in [1.29, 1.82) is 0 Å². The SMILES string of the molecule is COc1ccccc1C[C@](N)(CC(F)(F)F)C(=O)OC(C)(C)C. The summed E-state index contributed by atoms with van der Waals surface area (Å²) >= 11 is 0. The number of ether oxygens (including phenoxy) is 2. The molecule has 0 fully saturated rings. The molecule has 1 rings (SSSR count). The first-order valence-electron chi connectivity index (χ1n) is 7.07. The number of hydrogen-bond donors (Lipinski definition) is 1. The first-order valence-corrected chi connectivity index (χ1v) is 7.07. The minimum atomic E-state index is -4.60. The number of esters is 1. The summed E-state index contributed by atoms with van der Waals surface area (Å²) in [5.41, 5.74) is 3.09. The van der Waals surface area contributed by atoms with E-state index in [1.165, 1.54) is 7.11 Å². The molecule has 1 aromatic carbocycles. The van der Waals surface area contributed by atoms with Gasteiger partial charge in [0.2, 0.25) is 0 Å². The number of methoxy groups -OCH3 is 1. The van der Waals surface area contributed by atoms with E-state index in [1.54, 1.807) is 45.0 Å². The van der Waals surface area contributed by atoms with E-state index in [0.29, 0.717) is 11.3 Å². The van der Waals surface area contributed by atoms with Crippen molar-refractivity contribution in [3.63, 3.8) is 0 Å². The lowest BCUT2D eigenvalue weighted by molar-refractivity contribution is -0.179. The number of rotatable bonds is 5. The summed E-state index contributed by atoms with van der Waals surface area (Å²) in [6.07, 6.45) is -6.42. The maximum atomic E-state index is 12.9. The van der Waals surface area contributed by atoms with E-state index >= 15 is 0 Å². The molecular weight excluding hydrogens is 311 g/mol. The van der Waals surface area contributed by atoms with Crippen LogP contribution in [0.1, 0.15) is 32.8 Å². The highest BCUT2D eigenvalue weighted by molar-refractivity contribution is 5.81. The Balaban J connectivity index is 3.16. The third kappa shape index (κ3) is 6.09. The third-order valence-electron chi connectivity index (χ3n) is 3.02. The topological polar surface area (TPSA) is 61.5 Å². The van der Waals surface area contributed by atoms with Gasteiger partial charge in [-0.25, -0.2) is 0 Å². The number of nitrogens with two attached hydrogens (primary N) is 1. The van der Waals surface area contributed by atoms with E-state index in [0.717, 1.165) is 0 Å². The maximum Gasteiger partial charge on any atom is 0.391 e. The van der Waals surface area contributed by atoms with Crippen LogP contribution in [-0.4, -0.2) is 30.4 Å². The van der Waals surface area contributed by atoms with Gasteiger partial charge in [-0.3, -0.25) is 4.79 Å². The first kappa shape index (κ1) is 19.3. The number of benzene rings is 1. The van der Waals surface area contributed by atoms with Gasteiger partial charge in [0, 0.05) is 6.42 Å². The van der Waals surface area contributed by atoms with Gasteiger partial charge in [0.05, 0.1) is 13.5 Å². The number of para-hydroxylation sites is 1. The summed E-state index contributed by atoms with van der Waals surface area (Å²) in [5.74, 6) is -0.721. The van der Waals surface area contributed by atoms with Crippen molar-refractivity contribution in [3.8, 4) is 5.75 Å². The van der Waals surface area contributed by atoms with Crippen molar-refractivity contribution in [2.24, 2.45) is 5.73 Å². The zero-order valence-corrected chi connectivity index (χ0v) is 13.7. The molecule has 0 aliphatic heterocycles. The molecule has 7 heteroatoms. The summed E-state index contributed by atoms with van der Waals surface area (Å²) in [4.78, 5) is 12.3. The molecule has 0 aliphatic carbocycles. The highest BCUT2D eigenvalue weighted by atomic mass is 19.4. The van der Waals surface area contributed by atoms with Crippen LogP contribution in [0.3, 0.4) is 0 Å². The largest absolute Gasteiger partial charge is 0.496 e. The van der Waals surface area contributed by atoms with Crippen molar-refractivity contribution >= 4 is 5.97 Å². The van der Waals surface area contributed by atoms with Crippen LogP contribution in [0.2, 0.25) is 0 Å². The van der Waals surface area contributed by atoms with Crippen molar-refractivity contribution < 1.29 is 27.4 Å². The second-order valence-corrected chi connectivity index (χ2v) is 6.44. The quantitative estimate of drug-likeness (QED) is 0.841. The third-order valence-corrected chi connectivity index (χ3v) is 3.02. The van der Waals surface area contributed by atoms with Gasteiger partial charge in [0.1, 0.15) is 16.9 Å². The van der Waals surface area contributed by atoms with Crippen molar-refractivity contribution in [2.45, 2.75) is 50.9 Å². The Morgan fingerprint density at radius 1 is 1.17 bits per heavy atom. The Kier molecular flexibility index (Phi) is 5.69. The fourth-order valence-corrected chi connectivity index (χ4v) is 2.13. The summed E-state index contributed by atoms with van der Waals surface area (Å²) in [5, 5.41) is 0. The molecule has 0 bridgehead atoms. The van der Waals surface area contributed by atoms with E-state index in [9.17, 15) is 18.0 Å². The maximum absolute atomic E-state index is 12.9. The van der Waals surface area contributed by atoms with Crippen molar-refractivity contribution in [1.82, 2.24) is 0 Å². The highest BCUT2D eigenvalue weighted by Gasteiger charge is 2.47. The zero-order valence-electron chi connectivity index (χ0n) is 13.7. The molecule has 0 amide bonds. The van der Waals surface area contributed by atoms with Gasteiger partial charge in [-0.1, -0.05) is 18.2 Å². The van der Waals surface area contributed by atoms with Gasteiger partial charge >= 0.3 is 12.1 Å². The Morgan fingerprint density at radius 3 is 2.22 bits per heavy atom. The van der Waals surface area contributed by atoms with Crippen LogP contribution in [0.25, 0.3) is 0 Å². The number of hydrogen-bond acceptors (Lipinski definition) is 4. The standard InChI is InChI=1S/C16H22F3NO3/c1-14(2,3)23-13(21)15(20,10-16(17,18)19)9-11-7-5-6-8-12(11)22-4/h5-8H,9-10,20H2,1-4H3/t15-/m0/s1. The number of halogens is 3. The predicted molar refractivity (Wildman–Crippen MR) is 80.1 cm³/mol. The van der Waals surface area contributed by atoms with Gasteiger partial charge in [0.25, 0.3) is 0 Å². The van der Waals surface area contributed by atoms with Gasteiger partial charge in [-0.05, 0) is 32.4 Å². The smallest absolute Gasteiger partial charge is 0.391 e. The van der Waals surface area contributed by atoms with Crippen LogP contribution >= 0.6 is 0 Å². The summed E-state index contributed by atoms with van der Waals surface area (Å²) in [7, 11) is 1.40. The minimum Gasteiger partial charge on any atom is -0.496 e. The van der Waals surface area contributed by atoms with E-state index in [2.05, 4.69) is 0 Å². The van der Waals surface area contributed by atoms with Crippen LogP contribution < -0.4 is 10.5 Å². The monoisotopic (exact) mass is 333 g/mol. The highest BCUT2D eigenvalue weighted by Crippen LogP contribution is 2.32. The lowest BCUT2D eigenvalue weighted by atomic mass is 9.87. The number of alkyl halides is 3. The fourth-order valence-electron chi connectivity index (χ4n) is 2.13. The molecule has 0 saturated heterocycles. The molecule has 0 saturated carbocycles. The molecule has 1 aromatic rings. The molecule has 0 radical (unpaired) electrons. The molecule has 2 N–H and O–H groups in total. The number of carbonyl (C=O) groups excluding carboxylic acids is 1. The molecule has 0 spiro atoms. The fraction of sp³-hybridized carbons (Fsp3) is 0.562. The molecule has 4 nitrogen and oxygen atoms in total. The summed E-state index contributed by atoms with van der Waals surface area (Å²) in [6.45, 7) is 4.71. The Hall–Kier alpha value is -1.76. The lowest BCUT2D eigenvalue weighted by Crippen LogP contribution is -2.55. The van der Waals surface area contributed by atoms with E-state index in [-0.39, 0.29) is 6.42 Å². The summed E-state index contributed by atoms with van der Waals surface area (Å²) in [6, 6.07) is 6.48. The Bertz CT molecular complexity index is 552. The molecule has 1 atom stereocenters. The van der Waals surface area contributed by atoms with E-state index < -0.39 is 29.7 Å². The van der Waals surface area contributed by atoms with Crippen LogP contribution in [-0.2, 0) is 16.0 Å². The van der Waals surface area contributed by atoms with Gasteiger partial charge in [-0.15, -0.1) is 0 Å². The van der Waals surface area contributed by atoms with E-state index in [1.807, 2.05) is 0 Å². The second kappa shape index (κ2) is 6.78. The average molecular weight is 333 g/mol. The Morgan fingerprint density at radius 2 is 1.74 bits per heavy atom. The molecular formula is C16H22F3NO3. The first-order chi connectivity index (χ1) is 10.4. The predicted octanol–water partition coefficient (Wildman–Crippen LogP) is 3.23. The molecule has 0 heterocycles. The van der Waals surface area contributed by atoms with Gasteiger partial charge in [0.15, 0.2) is 0 Å². The average Bonchev–Trinajstić information content (AvgIpc) is 2.35. The van der Waals surface area contributed by atoms with Crippen LogP contribution in [0.5, 0.6) is 5.75 Å². The normalized spacial score (nSPS) is 15.0. The van der Waals surface area contributed by atoms with Gasteiger partial charge < -0.3 is 15.2 Å². The molecule has 0 aromatic heterocycles. The Labute approximate surface area is 133 Å². The lowest BCUT2D eigenvalue weighted by Gasteiger charge is -2.32. The second-order valence-electron chi connectivity index (χ2n) is 6.44. The molecule has 0 unspecified atom stereocenters.